The third kappa shape index (κ3) is 2.71. The Labute approximate surface area is 156 Å². The lowest BCUT2D eigenvalue weighted by molar-refractivity contribution is 0.0960. The van der Waals surface area contributed by atoms with E-state index in [9.17, 15) is 5.11 Å². The zero-order valence-electron chi connectivity index (χ0n) is 15.9. The van der Waals surface area contributed by atoms with E-state index in [4.69, 9.17) is 0 Å². The molecular formula is C23H30OS. The Kier molecular flexibility index (Phi) is 5.50. The van der Waals surface area contributed by atoms with Gasteiger partial charge in [-0.3, -0.25) is 0 Å². The number of aliphatic hydroxyl groups excluding tert-OH is 1. The second kappa shape index (κ2) is 7.47. The average Bonchev–Trinajstić information content (AvgIpc) is 3.26. The molecule has 2 aliphatic carbocycles. The maximum Gasteiger partial charge on any atom is 0.0959 e. The molecule has 0 amide bonds. The van der Waals surface area contributed by atoms with E-state index < -0.39 is 6.10 Å². The van der Waals surface area contributed by atoms with Crippen LogP contribution in [0.3, 0.4) is 0 Å². The second-order valence-electron chi connectivity index (χ2n) is 6.93. The molecule has 1 aromatic rings. The monoisotopic (exact) mass is 354 g/mol. The maximum absolute atomic E-state index is 11.3. The summed E-state index contributed by atoms with van der Waals surface area (Å²) in [5.74, 6) is 0.0756. The number of hydrogen-bond donors (Lipinski definition) is 1. The van der Waals surface area contributed by atoms with Gasteiger partial charge >= 0.3 is 0 Å². The molecule has 25 heavy (non-hydrogen) atoms. The summed E-state index contributed by atoms with van der Waals surface area (Å²) in [5.41, 5.74) is 6.02. The third-order valence-electron chi connectivity index (χ3n) is 6.00. The summed E-state index contributed by atoms with van der Waals surface area (Å²) in [7, 11) is 0. The SMILES string of the molecule is CCC1=C(CC)C2(C=CC=CC2C(O)c2cccs2)C(CC)=C1CC. The van der Waals surface area contributed by atoms with Crippen molar-refractivity contribution in [1.29, 1.82) is 0 Å². The van der Waals surface area contributed by atoms with E-state index in [1.165, 1.54) is 11.1 Å². The molecule has 0 aliphatic heterocycles. The summed E-state index contributed by atoms with van der Waals surface area (Å²) >= 11 is 1.66. The van der Waals surface area contributed by atoms with E-state index in [1.807, 2.05) is 6.07 Å². The first-order chi connectivity index (χ1) is 12.1. The normalized spacial score (nSPS) is 23.2. The van der Waals surface area contributed by atoms with Gasteiger partial charge in [0.15, 0.2) is 0 Å². The minimum Gasteiger partial charge on any atom is -0.387 e. The van der Waals surface area contributed by atoms with Crippen molar-refractivity contribution in [2.24, 2.45) is 11.3 Å². The Morgan fingerprint density at radius 2 is 1.64 bits per heavy atom. The molecule has 1 nitrogen and oxygen atoms in total. The van der Waals surface area contributed by atoms with Crippen molar-refractivity contribution >= 4 is 11.3 Å². The first-order valence-corrected chi connectivity index (χ1v) is 10.6. The molecule has 2 atom stereocenters. The molecule has 1 heterocycles. The van der Waals surface area contributed by atoms with Crippen molar-refractivity contribution in [2.75, 3.05) is 0 Å². The summed E-state index contributed by atoms with van der Waals surface area (Å²) in [6.45, 7) is 9.11. The van der Waals surface area contributed by atoms with Gasteiger partial charge in [-0.05, 0) is 48.3 Å². The van der Waals surface area contributed by atoms with Crippen LogP contribution < -0.4 is 0 Å². The van der Waals surface area contributed by atoms with Crippen molar-refractivity contribution in [3.05, 3.63) is 69.0 Å². The van der Waals surface area contributed by atoms with Gasteiger partial charge in [0.1, 0.15) is 0 Å². The van der Waals surface area contributed by atoms with Crippen molar-refractivity contribution in [2.45, 2.75) is 59.5 Å². The molecule has 1 aromatic heterocycles. The summed E-state index contributed by atoms with van der Waals surface area (Å²) in [5, 5.41) is 13.3. The van der Waals surface area contributed by atoms with Gasteiger partial charge in [-0.1, -0.05) is 69.2 Å². The molecule has 0 saturated heterocycles. The van der Waals surface area contributed by atoms with Crippen LogP contribution in [0, 0.1) is 11.3 Å². The summed E-state index contributed by atoms with van der Waals surface area (Å²) < 4.78 is 0. The highest BCUT2D eigenvalue weighted by molar-refractivity contribution is 7.10. The van der Waals surface area contributed by atoms with Crippen LogP contribution in [0.15, 0.2) is 64.1 Å². The number of allylic oxidation sites excluding steroid dienone is 7. The predicted octanol–water partition coefficient (Wildman–Crippen LogP) is 6.76. The van der Waals surface area contributed by atoms with Crippen LogP contribution in [-0.2, 0) is 0 Å². The minimum absolute atomic E-state index is 0.0756. The number of rotatable bonds is 6. The van der Waals surface area contributed by atoms with Crippen LogP contribution in [0.2, 0.25) is 0 Å². The number of aliphatic hydroxyl groups is 1. The minimum atomic E-state index is -0.460. The van der Waals surface area contributed by atoms with E-state index in [0.29, 0.717) is 0 Å². The predicted molar refractivity (Wildman–Crippen MR) is 109 cm³/mol. The van der Waals surface area contributed by atoms with Crippen LogP contribution in [0.1, 0.15) is 64.4 Å². The van der Waals surface area contributed by atoms with Gasteiger partial charge in [0.25, 0.3) is 0 Å². The fraction of sp³-hybridized carbons (Fsp3) is 0.478. The molecule has 1 N–H and O–H groups in total. The molecule has 2 aliphatic rings. The third-order valence-corrected chi connectivity index (χ3v) is 6.94. The smallest absolute Gasteiger partial charge is 0.0959 e. The van der Waals surface area contributed by atoms with Crippen LogP contribution >= 0.6 is 11.3 Å². The van der Waals surface area contributed by atoms with Crippen LogP contribution in [0.25, 0.3) is 0 Å². The van der Waals surface area contributed by atoms with Crippen LogP contribution in [0.4, 0.5) is 0 Å². The Bertz CT molecular complexity index is 702. The van der Waals surface area contributed by atoms with Gasteiger partial charge < -0.3 is 5.11 Å². The number of hydrogen-bond acceptors (Lipinski definition) is 2. The van der Waals surface area contributed by atoms with Crippen LogP contribution in [-0.4, -0.2) is 5.11 Å². The molecule has 134 valence electrons. The van der Waals surface area contributed by atoms with E-state index in [-0.39, 0.29) is 11.3 Å². The van der Waals surface area contributed by atoms with Gasteiger partial charge in [-0.25, -0.2) is 0 Å². The molecule has 2 heteroatoms. The van der Waals surface area contributed by atoms with Crippen molar-refractivity contribution < 1.29 is 5.11 Å². The largest absolute Gasteiger partial charge is 0.387 e. The molecule has 1 spiro atoms. The van der Waals surface area contributed by atoms with Gasteiger partial charge in [0.05, 0.1) is 6.10 Å². The van der Waals surface area contributed by atoms with Gasteiger partial charge in [0, 0.05) is 16.2 Å². The summed E-state index contributed by atoms with van der Waals surface area (Å²) in [6.07, 6.45) is 12.7. The van der Waals surface area contributed by atoms with Gasteiger partial charge in [-0.15, -0.1) is 11.3 Å². The van der Waals surface area contributed by atoms with E-state index in [1.54, 1.807) is 22.5 Å². The first kappa shape index (κ1) is 18.4. The molecule has 0 aromatic carbocycles. The standard InChI is InChI=1S/C23H30OS/c1-5-16-17(6-2)19(8-4)23(18(16)7-3)14-10-9-12-20(23)22(24)21-13-11-15-25-21/h9-15,20,22,24H,5-8H2,1-4H3. The maximum atomic E-state index is 11.3. The first-order valence-electron chi connectivity index (χ1n) is 9.68. The highest BCUT2D eigenvalue weighted by Gasteiger charge is 2.50. The fourth-order valence-electron chi connectivity index (χ4n) is 5.16. The molecular weight excluding hydrogens is 324 g/mol. The lowest BCUT2D eigenvalue weighted by Crippen LogP contribution is -2.35. The van der Waals surface area contributed by atoms with E-state index >= 15 is 0 Å². The Hall–Kier alpha value is -1.38. The van der Waals surface area contributed by atoms with Crippen molar-refractivity contribution in [3.8, 4) is 0 Å². The average molecular weight is 355 g/mol. The topological polar surface area (TPSA) is 20.2 Å². The zero-order chi connectivity index (χ0) is 18.0. The second-order valence-corrected chi connectivity index (χ2v) is 7.91. The van der Waals surface area contributed by atoms with Crippen molar-refractivity contribution in [3.63, 3.8) is 0 Å². The van der Waals surface area contributed by atoms with Gasteiger partial charge in [-0.2, -0.15) is 0 Å². The fourth-order valence-corrected chi connectivity index (χ4v) is 5.92. The Balaban J connectivity index is 2.21. The lowest BCUT2D eigenvalue weighted by Gasteiger charge is -2.43. The van der Waals surface area contributed by atoms with E-state index in [2.05, 4.69) is 63.4 Å². The summed E-state index contributed by atoms with van der Waals surface area (Å²) in [6, 6.07) is 4.10. The summed E-state index contributed by atoms with van der Waals surface area (Å²) in [4.78, 5) is 1.07. The zero-order valence-corrected chi connectivity index (χ0v) is 16.7. The Morgan fingerprint density at radius 3 is 2.12 bits per heavy atom. The van der Waals surface area contributed by atoms with Crippen LogP contribution in [0.5, 0.6) is 0 Å². The van der Waals surface area contributed by atoms with Gasteiger partial charge in [0.2, 0.25) is 0 Å². The molecule has 0 radical (unpaired) electrons. The Morgan fingerprint density at radius 1 is 1.00 bits per heavy atom. The number of thiophene rings is 1. The molecule has 3 rings (SSSR count). The lowest BCUT2D eigenvalue weighted by atomic mass is 9.61. The highest BCUT2D eigenvalue weighted by atomic mass is 32.1. The van der Waals surface area contributed by atoms with E-state index in [0.717, 1.165) is 30.6 Å². The highest BCUT2D eigenvalue weighted by Crippen LogP contribution is 2.60. The molecule has 0 fully saturated rings. The molecule has 0 saturated carbocycles. The molecule has 2 unspecified atom stereocenters. The van der Waals surface area contributed by atoms with Crippen molar-refractivity contribution in [1.82, 2.24) is 0 Å². The quantitative estimate of drug-likeness (QED) is 0.598. The molecule has 0 bridgehead atoms.